The first-order chi connectivity index (χ1) is 10.8. The van der Waals surface area contributed by atoms with Crippen LogP contribution in [0.15, 0.2) is 48.6 Å². The molecule has 0 unspecified atom stereocenters. The van der Waals surface area contributed by atoms with E-state index in [1.165, 1.54) is 12.2 Å². The summed E-state index contributed by atoms with van der Waals surface area (Å²) in [5.74, 6) is -0.203. The number of allylic oxidation sites excluding steroid dienone is 2. The first-order valence-electron chi connectivity index (χ1n) is 7.22. The Balaban J connectivity index is 2.20. The lowest BCUT2D eigenvalue weighted by atomic mass is 9.88. The van der Waals surface area contributed by atoms with Crippen LogP contribution >= 0.6 is 0 Å². The van der Waals surface area contributed by atoms with Crippen molar-refractivity contribution in [3.05, 3.63) is 70.8 Å². The van der Waals surface area contributed by atoms with Gasteiger partial charge in [-0.1, -0.05) is 42.5 Å². The summed E-state index contributed by atoms with van der Waals surface area (Å²) < 4.78 is 0. The third-order valence-corrected chi connectivity index (χ3v) is 4.57. The van der Waals surface area contributed by atoms with Gasteiger partial charge in [0.25, 0.3) is 0 Å². The van der Waals surface area contributed by atoms with Crippen LogP contribution in [-0.2, 0) is 0 Å². The lowest BCUT2D eigenvalue weighted by Gasteiger charge is -2.13. The molecule has 2 aliphatic rings. The van der Waals surface area contributed by atoms with Crippen molar-refractivity contribution in [2.24, 2.45) is 0 Å². The molecule has 0 N–H and O–H groups in total. The van der Waals surface area contributed by atoms with E-state index in [1.54, 1.807) is 0 Å². The smallest absolute Gasteiger partial charge is 0.187 e. The van der Waals surface area contributed by atoms with E-state index in [2.05, 4.69) is 12.2 Å². The molecule has 2 aliphatic carbocycles. The van der Waals surface area contributed by atoms with Crippen LogP contribution in [0, 0.1) is 0 Å². The molecule has 3 aromatic rings. The highest BCUT2D eigenvalue weighted by atomic mass is 16.1. The topological polar surface area (TPSA) is 34.1 Å². The van der Waals surface area contributed by atoms with Gasteiger partial charge >= 0.3 is 0 Å². The molecule has 0 aromatic heterocycles. The van der Waals surface area contributed by atoms with E-state index in [1.807, 2.05) is 36.4 Å². The van der Waals surface area contributed by atoms with Gasteiger partial charge < -0.3 is 0 Å². The molecule has 0 heterocycles. The van der Waals surface area contributed by atoms with Crippen LogP contribution in [-0.4, -0.2) is 11.6 Å². The SMILES string of the molecule is O=C1C=CC(=O)c2c3ccccc3c3c4c(ccc1c24)C=C3. The second-order valence-electron chi connectivity index (χ2n) is 5.68. The molecule has 0 radical (unpaired) electrons. The summed E-state index contributed by atoms with van der Waals surface area (Å²) >= 11 is 0. The van der Waals surface area contributed by atoms with Crippen LogP contribution in [0.4, 0.5) is 0 Å². The highest BCUT2D eigenvalue weighted by Gasteiger charge is 2.25. The predicted octanol–water partition coefficient (Wildman–Crippen LogP) is 4.41. The second kappa shape index (κ2) is 3.80. The number of benzene rings is 3. The maximum absolute atomic E-state index is 12.6. The van der Waals surface area contributed by atoms with Crippen molar-refractivity contribution in [1.29, 1.82) is 0 Å². The number of carbonyl (C=O) groups excluding carboxylic acids is 2. The maximum atomic E-state index is 12.6. The summed E-state index contributed by atoms with van der Waals surface area (Å²) in [6.45, 7) is 0. The van der Waals surface area contributed by atoms with Gasteiger partial charge in [-0.3, -0.25) is 9.59 Å². The summed E-state index contributed by atoms with van der Waals surface area (Å²) in [6.07, 6.45) is 6.91. The van der Waals surface area contributed by atoms with Gasteiger partial charge in [0.05, 0.1) is 0 Å². The largest absolute Gasteiger partial charge is 0.289 e. The molecule has 0 amide bonds. The first-order valence-corrected chi connectivity index (χ1v) is 7.22. The molecular weight excluding hydrogens is 272 g/mol. The van der Waals surface area contributed by atoms with Crippen molar-refractivity contribution in [2.45, 2.75) is 0 Å². The minimum absolute atomic E-state index is 0.0982. The van der Waals surface area contributed by atoms with Crippen molar-refractivity contribution in [2.75, 3.05) is 0 Å². The number of rotatable bonds is 0. The molecule has 22 heavy (non-hydrogen) atoms. The van der Waals surface area contributed by atoms with Crippen LogP contribution in [0.2, 0.25) is 0 Å². The van der Waals surface area contributed by atoms with Gasteiger partial charge in [-0.05, 0) is 45.5 Å². The molecular formula is C20H10O2. The molecule has 0 saturated heterocycles. The summed E-state index contributed by atoms with van der Waals surface area (Å²) in [5.41, 5.74) is 3.44. The van der Waals surface area contributed by atoms with E-state index in [9.17, 15) is 9.59 Å². The normalized spacial score (nSPS) is 15.1. The molecule has 0 fully saturated rings. The molecule has 2 heteroatoms. The Morgan fingerprint density at radius 3 is 2.27 bits per heavy atom. The Morgan fingerprint density at radius 2 is 1.41 bits per heavy atom. The number of ketones is 2. The number of carbonyl (C=O) groups is 2. The molecule has 5 rings (SSSR count). The predicted molar refractivity (Wildman–Crippen MR) is 88.2 cm³/mol. The Hall–Kier alpha value is -3.00. The molecule has 2 nitrogen and oxygen atoms in total. The van der Waals surface area contributed by atoms with Gasteiger partial charge in [-0.15, -0.1) is 0 Å². The van der Waals surface area contributed by atoms with Crippen molar-refractivity contribution in [3.8, 4) is 0 Å². The molecule has 3 aromatic carbocycles. The number of fused-ring (bicyclic) bond motifs is 3. The van der Waals surface area contributed by atoms with Crippen molar-refractivity contribution < 1.29 is 9.59 Å². The van der Waals surface area contributed by atoms with Crippen LogP contribution in [0.25, 0.3) is 33.7 Å². The van der Waals surface area contributed by atoms with Crippen molar-refractivity contribution >= 4 is 45.3 Å². The zero-order valence-electron chi connectivity index (χ0n) is 11.6. The van der Waals surface area contributed by atoms with Gasteiger partial charge in [-0.2, -0.15) is 0 Å². The number of hydrogen-bond acceptors (Lipinski definition) is 2. The highest BCUT2D eigenvalue weighted by Crippen LogP contribution is 2.42. The van der Waals surface area contributed by atoms with Gasteiger partial charge in [0, 0.05) is 16.5 Å². The van der Waals surface area contributed by atoms with Crippen molar-refractivity contribution in [3.63, 3.8) is 0 Å². The average Bonchev–Trinajstić information content (AvgIpc) is 2.93. The fourth-order valence-electron chi connectivity index (χ4n) is 3.64. The monoisotopic (exact) mass is 282 g/mol. The lowest BCUT2D eigenvalue weighted by molar-refractivity contribution is 0.102. The summed E-state index contributed by atoms with van der Waals surface area (Å²) in [6, 6.07) is 11.7. The zero-order chi connectivity index (χ0) is 14.8. The van der Waals surface area contributed by atoms with E-state index in [0.717, 1.165) is 32.7 Å². The molecule has 0 bridgehead atoms. The summed E-state index contributed by atoms with van der Waals surface area (Å²) in [5, 5.41) is 3.81. The molecule has 0 aliphatic heterocycles. The summed E-state index contributed by atoms with van der Waals surface area (Å²) in [7, 11) is 0. The van der Waals surface area contributed by atoms with Crippen LogP contribution < -0.4 is 0 Å². The average molecular weight is 282 g/mol. The molecule has 0 spiro atoms. The Kier molecular flexibility index (Phi) is 2.01. The van der Waals surface area contributed by atoms with Crippen LogP contribution in [0.1, 0.15) is 31.8 Å². The van der Waals surface area contributed by atoms with E-state index < -0.39 is 0 Å². The third-order valence-electron chi connectivity index (χ3n) is 4.57. The molecule has 0 saturated carbocycles. The second-order valence-corrected chi connectivity index (χ2v) is 5.68. The van der Waals surface area contributed by atoms with Crippen molar-refractivity contribution in [1.82, 2.24) is 0 Å². The van der Waals surface area contributed by atoms with Crippen LogP contribution in [0.3, 0.4) is 0 Å². The Morgan fingerprint density at radius 1 is 0.636 bits per heavy atom. The lowest BCUT2D eigenvalue weighted by Crippen LogP contribution is -2.01. The fraction of sp³-hybridized carbons (Fsp3) is 0. The van der Waals surface area contributed by atoms with E-state index in [-0.39, 0.29) is 11.6 Å². The van der Waals surface area contributed by atoms with Gasteiger partial charge in [0.15, 0.2) is 11.6 Å². The standard InChI is InChI=1S/C20H10O2/c21-16-9-10-17(22)19-13-4-2-1-3-12(13)14-7-5-11-6-8-15(16)20(19)18(11)14/h1-10H. The summed E-state index contributed by atoms with van der Waals surface area (Å²) in [4.78, 5) is 25.0. The highest BCUT2D eigenvalue weighted by molar-refractivity contribution is 6.33. The molecule has 102 valence electrons. The Labute approximate surface area is 126 Å². The minimum Gasteiger partial charge on any atom is -0.289 e. The van der Waals surface area contributed by atoms with E-state index >= 15 is 0 Å². The maximum Gasteiger partial charge on any atom is 0.187 e. The Bertz CT molecular complexity index is 1100. The van der Waals surface area contributed by atoms with E-state index in [4.69, 9.17) is 0 Å². The third kappa shape index (κ3) is 1.25. The fourth-order valence-corrected chi connectivity index (χ4v) is 3.64. The minimum atomic E-state index is -0.105. The van der Waals surface area contributed by atoms with Gasteiger partial charge in [-0.25, -0.2) is 0 Å². The quantitative estimate of drug-likeness (QED) is 0.448. The first kappa shape index (κ1) is 11.6. The van der Waals surface area contributed by atoms with E-state index in [0.29, 0.717) is 11.1 Å². The zero-order valence-corrected chi connectivity index (χ0v) is 11.6. The van der Waals surface area contributed by atoms with Crippen LogP contribution in [0.5, 0.6) is 0 Å². The molecule has 0 atom stereocenters. The van der Waals surface area contributed by atoms with Gasteiger partial charge in [0.2, 0.25) is 0 Å². The number of hydrogen-bond donors (Lipinski definition) is 0. The van der Waals surface area contributed by atoms with Gasteiger partial charge in [0.1, 0.15) is 0 Å².